The molecule has 0 aliphatic carbocycles. The van der Waals surface area contributed by atoms with Gasteiger partial charge in [0.05, 0.1) is 11.8 Å². The summed E-state index contributed by atoms with van der Waals surface area (Å²) in [6, 6.07) is 0. The third kappa shape index (κ3) is 3.79. The topological polar surface area (TPSA) is 91.9 Å². The Bertz CT molecular complexity index is 698. The van der Waals surface area contributed by atoms with Crippen molar-refractivity contribution in [2.45, 2.75) is 45.3 Å². The lowest BCUT2D eigenvalue weighted by Crippen LogP contribution is -2.40. The molecule has 0 saturated carbocycles. The van der Waals surface area contributed by atoms with Crippen molar-refractivity contribution in [2.24, 2.45) is 0 Å². The standard InChI is InChI=1S/C16H23N5O2/c1-16(2,3)21-15(22)11-8-18-14-13(11)20-12(9-19-14)23-10-4-6-17-7-5-10/h8-10,17H,4-7H2,1-3H3,(H,18,19)(H,21,22). The minimum atomic E-state index is -0.308. The van der Waals surface area contributed by atoms with Gasteiger partial charge in [-0.25, -0.2) is 9.97 Å². The van der Waals surface area contributed by atoms with Crippen molar-refractivity contribution in [2.75, 3.05) is 13.1 Å². The number of aromatic amines is 1. The van der Waals surface area contributed by atoms with Crippen molar-refractivity contribution in [3.05, 3.63) is 18.0 Å². The number of fused-ring (bicyclic) bond motifs is 1. The van der Waals surface area contributed by atoms with E-state index < -0.39 is 0 Å². The number of piperidine rings is 1. The first-order valence-corrected chi connectivity index (χ1v) is 7.96. The number of aromatic nitrogens is 3. The second-order valence-electron chi connectivity index (χ2n) is 6.88. The Morgan fingerprint density at radius 1 is 1.35 bits per heavy atom. The lowest BCUT2D eigenvalue weighted by molar-refractivity contribution is 0.0921. The molecule has 1 saturated heterocycles. The molecule has 1 aliphatic rings. The number of carbonyl (C=O) groups excluding carboxylic acids is 1. The van der Waals surface area contributed by atoms with Gasteiger partial charge in [0.2, 0.25) is 5.88 Å². The summed E-state index contributed by atoms with van der Waals surface area (Å²) in [4.78, 5) is 24.2. The van der Waals surface area contributed by atoms with Crippen LogP contribution < -0.4 is 15.4 Å². The number of amides is 1. The molecule has 0 radical (unpaired) electrons. The Morgan fingerprint density at radius 3 is 2.78 bits per heavy atom. The first-order chi connectivity index (χ1) is 10.9. The SMILES string of the molecule is CC(C)(C)NC(=O)c1c[nH]c2ncc(OC3CCNCC3)nc12. The Kier molecular flexibility index (Phi) is 4.21. The van der Waals surface area contributed by atoms with Crippen LogP contribution in [0, 0.1) is 0 Å². The average molecular weight is 317 g/mol. The minimum absolute atomic E-state index is 0.147. The molecular weight excluding hydrogens is 294 g/mol. The largest absolute Gasteiger partial charge is 0.473 e. The lowest BCUT2D eigenvalue weighted by atomic mass is 10.1. The maximum absolute atomic E-state index is 12.4. The van der Waals surface area contributed by atoms with Crippen LogP contribution >= 0.6 is 0 Å². The van der Waals surface area contributed by atoms with Gasteiger partial charge in [0.1, 0.15) is 11.6 Å². The highest BCUT2D eigenvalue weighted by atomic mass is 16.5. The molecule has 1 aliphatic heterocycles. The van der Waals surface area contributed by atoms with Gasteiger partial charge in [-0.3, -0.25) is 4.79 Å². The molecule has 0 atom stereocenters. The fourth-order valence-electron chi connectivity index (χ4n) is 2.60. The van der Waals surface area contributed by atoms with Gasteiger partial charge in [0.15, 0.2) is 5.65 Å². The normalized spacial score (nSPS) is 16.5. The highest BCUT2D eigenvalue weighted by Gasteiger charge is 2.21. The summed E-state index contributed by atoms with van der Waals surface area (Å²) in [5, 5.41) is 6.24. The highest BCUT2D eigenvalue weighted by molar-refractivity contribution is 6.04. The third-order valence-corrected chi connectivity index (χ3v) is 3.67. The lowest BCUT2D eigenvalue weighted by Gasteiger charge is -2.23. The van der Waals surface area contributed by atoms with E-state index in [2.05, 4.69) is 25.6 Å². The molecule has 2 aromatic rings. The van der Waals surface area contributed by atoms with Crippen molar-refractivity contribution in [1.29, 1.82) is 0 Å². The molecule has 2 aromatic heterocycles. The van der Waals surface area contributed by atoms with E-state index in [4.69, 9.17) is 4.74 Å². The summed E-state index contributed by atoms with van der Waals surface area (Å²) >= 11 is 0. The summed E-state index contributed by atoms with van der Waals surface area (Å²) in [5.74, 6) is 0.297. The van der Waals surface area contributed by atoms with Crippen molar-refractivity contribution < 1.29 is 9.53 Å². The molecule has 0 aromatic carbocycles. The van der Waals surface area contributed by atoms with Crippen LogP contribution in [0.25, 0.3) is 11.2 Å². The molecule has 7 heteroatoms. The average Bonchev–Trinajstić information content (AvgIpc) is 2.90. The monoisotopic (exact) mass is 317 g/mol. The quantitative estimate of drug-likeness (QED) is 0.800. The van der Waals surface area contributed by atoms with E-state index in [1.807, 2.05) is 20.8 Å². The number of rotatable bonds is 3. The van der Waals surface area contributed by atoms with Crippen LogP contribution in [-0.4, -0.2) is 45.6 Å². The van der Waals surface area contributed by atoms with Gasteiger partial charge in [0, 0.05) is 11.7 Å². The van der Waals surface area contributed by atoms with E-state index in [0.717, 1.165) is 25.9 Å². The van der Waals surface area contributed by atoms with Crippen LogP contribution in [0.15, 0.2) is 12.4 Å². The minimum Gasteiger partial charge on any atom is -0.473 e. The molecule has 124 valence electrons. The Balaban J connectivity index is 1.83. The summed E-state index contributed by atoms with van der Waals surface area (Å²) in [6.07, 6.45) is 5.29. The zero-order valence-corrected chi connectivity index (χ0v) is 13.8. The van der Waals surface area contributed by atoms with Crippen LogP contribution in [0.4, 0.5) is 0 Å². The van der Waals surface area contributed by atoms with Crippen molar-refractivity contribution in [3.63, 3.8) is 0 Å². The molecular formula is C16H23N5O2. The van der Waals surface area contributed by atoms with E-state index in [1.165, 1.54) is 0 Å². The van der Waals surface area contributed by atoms with Gasteiger partial charge in [-0.2, -0.15) is 0 Å². The smallest absolute Gasteiger partial charge is 0.255 e. The van der Waals surface area contributed by atoms with Gasteiger partial charge in [0.25, 0.3) is 5.91 Å². The maximum atomic E-state index is 12.4. The molecule has 3 N–H and O–H groups in total. The molecule has 1 fully saturated rings. The molecule has 3 heterocycles. The zero-order chi connectivity index (χ0) is 16.4. The van der Waals surface area contributed by atoms with Crippen LogP contribution in [0.5, 0.6) is 5.88 Å². The van der Waals surface area contributed by atoms with Gasteiger partial charge < -0.3 is 20.4 Å². The Labute approximate surface area is 135 Å². The van der Waals surface area contributed by atoms with Gasteiger partial charge in [-0.1, -0.05) is 0 Å². The molecule has 7 nitrogen and oxygen atoms in total. The molecule has 0 spiro atoms. The fraction of sp³-hybridized carbons (Fsp3) is 0.562. The van der Waals surface area contributed by atoms with Crippen molar-refractivity contribution in [3.8, 4) is 5.88 Å². The number of ether oxygens (including phenoxy) is 1. The van der Waals surface area contributed by atoms with E-state index in [0.29, 0.717) is 22.6 Å². The predicted octanol–water partition coefficient (Wildman–Crippen LogP) is 1.62. The molecule has 23 heavy (non-hydrogen) atoms. The highest BCUT2D eigenvalue weighted by Crippen LogP contribution is 2.20. The number of H-pyrrole nitrogens is 1. The maximum Gasteiger partial charge on any atom is 0.255 e. The third-order valence-electron chi connectivity index (χ3n) is 3.67. The molecule has 0 bridgehead atoms. The van der Waals surface area contributed by atoms with Crippen LogP contribution in [0.3, 0.4) is 0 Å². The number of nitrogens with one attached hydrogen (secondary N) is 3. The van der Waals surface area contributed by atoms with Crippen LogP contribution in [-0.2, 0) is 0 Å². The summed E-state index contributed by atoms with van der Waals surface area (Å²) in [6.45, 7) is 7.72. The fourth-order valence-corrected chi connectivity index (χ4v) is 2.60. The van der Waals surface area contributed by atoms with E-state index >= 15 is 0 Å². The molecule has 1 amide bonds. The second kappa shape index (κ2) is 6.16. The van der Waals surface area contributed by atoms with Crippen LogP contribution in [0.1, 0.15) is 44.0 Å². The van der Waals surface area contributed by atoms with E-state index in [9.17, 15) is 4.79 Å². The van der Waals surface area contributed by atoms with Crippen molar-refractivity contribution in [1.82, 2.24) is 25.6 Å². The number of carbonyl (C=O) groups is 1. The molecule has 3 rings (SSSR count). The first kappa shape index (κ1) is 15.7. The zero-order valence-electron chi connectivity index (χ0n) is 13.8. The molecule has 0 unspecified atom stereocenters. The van der Waals surface area contributed by atoms with Gasteiger partial charge in [-0.05, 0) is 46.7 Å². The second-order valence-corrected chi connectivity index (χ2v) is 6.88. The van der Waals surface area contributed by atoms with Gasteiger partial charge in [-0.15, -0.1) is 0 Å². The first-order valence-electron chi connectivity index (χ1n) is 7.96. The predicted molar refractivity (Wildman–Crippen MR) is 87.6 cm³/mol. The van der Waals surface area contributed by atoms with Crippen molar-refractivity contribution >= 4 is 17.1 Å². The Morgan fingerprint density at radius 2 is 2.09 bits per heavy atom. The van der Waals surface area contributed by atoms with E-state index in [-0.39, 0.29) is 17.6 Å². The number of nitrogens with zero attached hydrogens (tertiary/aromatic N) is 2. The Hall–Kier alpha value is -2.15. The number of hydrogen-bond acceptors (Lipinski definition) is 5. The van der Waals surface area contributed by atoms with Crippen LogP contribution in [0.2, 0.25) is 0 Å². The summed E-state index contributed by atoms with van der Waals surface area (Å²) in [7, 11) is 0. The number of hydrogen-bond donors (Lipinski definition) is 3. The van der Waals surface area contributed by atoms with Gasteiger partial charge >= 0.3 is 0 Å². The summed E-state index contributed by atoms with van der Waals surface area (Å²) in [5.41, 5.74) is 1.30. The summed E-state index contributed by atoms with van der Waals surface area (Å²) < 4.78 is 5.91. The van der Waals surface area contributed by atoms with E-state index in [1.54, 1.807) is 12.4 Å².